The molecule has 30 heavy (non-hydrogen) atoms. The summed E-state index contributed by atoms with van der Waals surface area (Å²) in [6, 6.07) is 10.8. The van der Waals surface area contributed by atoms with E-state index < -0.39 is 4.92 Å². The zero-order chi connectivity index (χ0) is 21.5. The van der Waals surface area contributed by atoms with Crippen LogP contribution in [0.25, 0.3) is 0 Å². The van der Waals surface area contributed by atoms with E-state index in [1.807, 2.05) is 36.9 Å². The van der Waals surface area contributed by atoms with Gasteiger partial charge in [-0.25, -0.2) is 5.43 Å². The van der Waals surface area contributed by atoms with Crippen molar-refractivity contribution in [1.82, 2.24) is 5.43 Å². The largest absolute Gasteiger partial charge is 0.378 e. The molecule has 0 unspecified atom stereocenters. The summed E-state index contributed by atoms with van der Waals surface area (Å²) >= 11 is 0. The Morgan fingerprint density at radius 3 is 2.67 bits per heavy atom. The summed E-state index contributed by atoms with van der Waals surface area (Å²) in [5, 5.41) is 18.4. The van der Waals surface area contributed by atoms with E-state index >= 15 is 0 Å². The van der Waals surface area contributed by atoms with E-state index in [0.717, 1.165) is 11.3 Å². The second-order valence-electron chi connectivity index (χ2n) is 7.05. The van der Waals surface area contributed by atoms with Crippen LogP contribution in [-0.2, 0) is 9.53 Å². The van der Waals surface area contributed by atoms with Gasteiger partial charge in [-0.1, -0.05) is 12.1 Å². The number of benzene rings is 2. The molecule has 0 aromatic heterocycles. The molecule has 1 saturated heterocycles. The molecule has 0 saturated carbocycles. The van der Waals surface area contributed by atoms with Crippen LogP contribution in [0.4, 0.5) is 17.1 Å². The lowest BCUT2D eigenvalue weighted by molar-refractivity contribution is -0.384. The van der Waals surface area contributed by atoms with Gasteiger partial charge in [0.15, 0.2) is 0 Å². The first kappa shape index (κ1) is 21.3. The average molecular weight is 411 g/mol. The summed E-state index contributed by atoms with van der Waals surface area (Å²) < 4.78 is 5.30. The predicted molar refractivity (Wildman–Crippen MR) is 116 cm³/mol. The number of aryl methyl sites for hydroxylation is 2. The number of morpholine rings is 1. The van der Waals surface area contributed by atoms with Crippen LogP contribution >= 0.6 is 0 Å². The summed E-state index contributed by atoms with van der Waals surface area (Å²) in [7, 11) is 0. The van der Waals surface area contributed by atoms with Crippen molar-refractivity contribution in [2.75, 3.05) is 43.1 Å². The number of amides is 1. The Kier molecular flexibility index (Phi) is 6.97. The molecule has 0 bridgehead atoms. The number of rotatable bonds is 7. The molecule has 1 heterocycles. The number of carbonyl (C=O) groups is 1. The van der Waals surface area contributed by atoms with Gasteiger partial charge in [-0.2, -0.15) is 5.10 Å². The lowest BCUT2D eigenvalue weighted by Gasteiger charge is -2.28. The first-order valence-corrected chi connectivity index (χ1v) is 9.68. The summed E-state index contributed by atoms with van der Waals surface area (Å²) in [4.78, 5) is 25.0. The van der Waals surface area contributed by atoms with E-state index in [-0.39, 0.29) is 18.1 Å². The fourth-order valence-corrected chi connectivity index (χ4v) is 3.09. The fraction of sp³-hybridized carbons (Fsp3) is 0.333. The van der Waals surface area contributed by atoms with Gasteiger partial charge >= 0.3 is 0 Å². The highest BCUT2D eigenvalue weighted by Crippen LogP contribution is 2.29. The third kappa shape index (κ3) is 5.54. The molecule has 0 atom stereocenters. The van der Waals surface area contributed by atoms with Crippen LogP contribution in [-0.4, -0.2) is 49.9 Å². The van der Waals surface area contributed by atoms with Crippen molar-refractivity contribution < 1.29 is 14.5 Å². The number of ether oxygens (including phenoxy) is 1. The number of nitro groups is 1. The van der Waals surface area contributed by atoms with Gasteiger partial charge in [0, 0.05) is 30.4 Å². The molecular weight excluding hydrogens is 386 g/mol. The van der Waals surface area contributed by atoms with Crippen molar-refractivity contribution in [2.24, 2.45) is 5.10 Å². The minimum absolute atomic E-state index is 0.00332. The van der Waals surface area contributed by atoms with E-state index in [2.05, 4.69) is 15.8 Å². The summed E-state index contributed by atoms with van der Waals surface area (Å²) in [5.41, 5.74) is 6.69. The maximum Gasteiger partial charge on any atom is 0.293 e. The van der Waals surface area contributed by atoms with Crippen LogP contribution in [0.3, 0.4) is 0 Å². The smallest absolute Gasteiger partial charge is 0.293 e. The maximum atomic E-state index is 12.0. The molecule has 1 amide bonds. The molecule has 0 spiro atoms. The molecule has 1 fully saturated rings. The topological polar surface area (TPSA) is 109 Å². The predicted octanol–water partition coefficient (Wildman–Crippen LogP) is 2.61. The fourth-order valence-electron chi connectivity index (χ4n) is 3.09. The van der Waals surface area contributed by atoms with Crippen LogP contribution < -0.4 is 15.6 Å². The van der Waals surface area contributed by atoms with Crippen LogP contribution in [0.2, 0.25) is 0 Å². The molecular formula is C21H25N5O4. The highest BCUT2D eigenvalue weighted by molar-refractivity contribution is 5.86. The number of nitro benzene ring substituents is 1. The van der Waals surface area contributed by atoms with Gasteiger partial charge in [-0.3, -0.25) is 14.9 Å². The standard InChI is InChI=1S/C21H25N5O4/c1-15-3-5-18(11-16(15)2)22-14-21(27)24-23-13-17-4-6-19(20(12-17)26(28)29)25-7-9-30-10-8-25/h3-6,11-13,22H,7-10,14H2,1-2H3,(H,24,27). The minimum atomic E-state index is -0.409. The SMILES string of the molecule is Cc1ccc(NCC(=O)NN=Cc2ccc(N3CCOCC3)c([N+](=O)[O-])c2)cc1C. The number of hydrogen-bond donors (Lipinski definition) is 2. The lowest BCUT2D eigenvalue weighted by atomic mass is 10.1. The molecule has 9 heteroatoms. The third-order valence-corrected chi connectivity index (χ3v) is 4.91. The first-order valence-electron chi connectivity index (χ1n) is 9.68. The van der Waals surface area contributed by atoms with Gasteiger partial charge in [0.1, 0.15) is 5.69 Å². The van der Waals surface area contributed by atoms with Gasteiger partial charge in [0.05, 0.1) is 30.9 Å². The molecule has 9 nitrogen and oxygen atoms in total. The lowest BCUT2D eigenvalue weighted by Crippen LogP contribution is -2.36. The zero-order valence-electron chi connectivity index (χ0n) is 17.1. The molecule has 2 aromatic rings. The zero-order valence-corrected chi connectivity index (χ0v) is 17.1. The summed E-state index contributed by atoms with van der Waals surface area (Å²) in [6.45, 7) is 6.41. The maximum absolute atomic E-state index is 12.0. The van der Waals surface area contributed by atoms with Crippen molar-refractivity contribution in [3.05, 3.63) is 63.2 Å². The van der Waals surface area contributed by atoms with Crippen molar-refractivity contribution in [3.8, 4) is 0 Å². The van der Waals surface area contributed by atoms with Crippen molar-refractivity contribution >= 4 is 29.2 Å². The molecule has 2 aromatic carbocycles. The van der Waals surface area contributed by atoms with Crippen LogP contribution in [0.1, 0.15) is 16.7 Å². The van der Waals surface area contributed by atoms with Crippen molar-refractivity contribution in [3.63, 3.8) is 0 Å². The Morgan fingerprint density at radius 1 is 1.20 bits per heavy atom. The Morgan fingerprint density at radius 2 is 1.97 bits per heavy atom. The highest BCUT2D eigenvalue weighted by Gasteiger charge is 2.21. The summed E-state index contributed by atoms with van der Waals surface area (Å²) in [5.74, 6) is -0.316. The van der Waals surface area contributed by atoms with E-state index in [1.165, 1.54) is 17.8 Å². The van der Waals surface area contributed by atoms with Gasteiger partial charge in [-0.15, -0.1) is 0 Å². The van der Waals surface area contributed by atoms with Crippen LogP contribution in [0, 0.1) is 24.0 Å². The number of carbonyl (C=O) groups excluding carboxylic acids is 1. The van der Waals surface area contributed by atoms with Crippen LogP contribution in [0.15, 0.2) is 41.5 Å². The molecule has 2 N–H and O–H groups in total. The molecule has 158 valence electrons. The first-order chi connectivity index (χ1) is 14.4. The molecule has 0 aliphatic carbocycles. The van der Waals surface area contributed by atoms with Gasteiger partial charge < -0.3 is 15.0 Å². The molecule has 1 aliphatic heterocycles. The average Bonchev–Trinajstić information content (AvgIpc) is 2.75. The Hall–Kier alpha value is -3.46. The van der Waals surface area contributed by atoms with E-state index in [9.17, 15) is 14.9 Å². The Bertz CT molecular complexity index is 954. The number of anilines is 2. The molecule has 3 rings (SSSR count). The Labute approximate surface area is 174 Å². The van der Waals surface area contributed by atoms with Crippen molar-refractivity contribution in [2.45, 2.75) is 13.8 Å². The third-order valence-electron chi connectivity index (χ3n) is 4.91. The second-order valence-corrected chi connectivity index (χ2v) is 7.05. The number of nitrogens with one attached hydrogen (secondary N) is 2. The summed E-state index contributed by atoms with van der Waals surface area (Å²) in [6.07, 6.45) is 1.39. The van der Waals surface area contributed by atoms with Crippen LogP contribution in [0.5, 0.6) is 0 Å². The number of hydrogen-bond acceptors (Lipinski definition) is 7. The monoisotopic (exact) mass is 411 g/mol. The molecule has 0 radical (unpaired) electrons. The normalized spacial score (nSPS) is 14.0. The van der Waals surface area contributed by atoms with Gasteiger partial charge in [0.25, 0.3) is 11.6 Å². The quantitative estimate of drug-likeness (QED) is 0.412. The van der Waals surface area contributed by atoms with Gasteiger partial charge in [0.2, 0.25) is 0 Å². The van der Waals surface area contributed by atoms with E-state index in [4.69, 9.17) is 4.74 Å². The number of nitrogens with zero attached hydrogens (tertiary/aromatic N) is 3. The minimum Gasteiger partial charge on any atom is -0.378 e. The number of hydrazone groups is 1. The Balaban J connectivity index is 1.58. The highest BCUT2D eigenvalue weighted by atomic mass is 16.6. The van der Waals surface area contributed by atoms with Crippen molar-refractivity contribution in [1.29, 1.82) is 0 Å². The molecule has 1 aliphatic rings. The van der Waals surface area contributed by atoms with Gasteiger partial charge in [-0.05, 0) is 43.2 Å². The second kappa shape index (κ2) is 9.84. The van der Waals surface area contributed by atoms with E-state index in [0.29, 0.717) is 37.6 Å². The van der Waals surface area contributed by atoms with E-state index in [1.54, 1.807) is 12.1 Å².